The molecule has 0 spiro atoms. The van der Waals surface area contributed by atoms with Crippen molar-refractivity contribution in [3.05, 3.63) is 76.0 Å². The molecular weight excluding hydrogens is 392 g/mol. The molecule has 3 heterocycles. The summed E-state index contributed by atoms with van der Waals surface area (Å²) in [5.41, 5.74) is 2.29. The highest BCUT2D eigenvalue weighted by Gasteiger charge is 2.21. The van der Waals surface area contributed by atoms with Gasteiger partial charge in [0.05, 0.1) is 11.0 Å². The second-order valence-corrected chi connectivity index (χ2v) is 7.67. The van der Waals surface area contributed by atoms with Crippen LogP contribution in [-0.2, 0) is 6.54 Å². The van der Waals surface area contributed by atoms with Gasteiger partial charge in [0.25, 0.3) is 5.56 Å². The summed E-state index contributed by atoms with van der Waals surface area (Å²) < 4.78 is 1.32. The van der Waals surface area contributed by atoms with Crippen LogP contribution in [0.3, 0.4) is 0 Å². The van der Waals surface area contributed by atoms with Crippen molar-refractivity contribution >= 4 is 44.0 Å². The molecule has 0 saturated carbocycles. The zero-order chi connectivity index (χ0) is 21.1. The maximum absolute atomic E-state index is 13.0. The van der Waals surface area contributed by atoms with Crippen LogP contribution in [0.15, 0.2) is 69.5 Å². The van der Waals surface area contributed by atoms with Gasteiger partial charge >= 0.3 is 0 Å². The van der Waals surface area contributed by atoms with E-state index in [2.05, 4.69) is 4.98 Å². The molecule has 1 aliphatic heterocycles. The lowest BCUT2D eigenvalue weighted by Gasteiger charge is -2.14. The highest BCUT2D eigenvalue weighted by atomic mass is 16.3. The maximum Gasteiger partial charge on any atom is 0.261 e. The Hall–Kier alpha value is -3.97. The van der Waals surface area contributed by atoms with Crippen molar-refractivity contribution in [2.75, 3.05) is 6.61 Å². The van der Waals surface area contributed by atoms with E-state index in [-0.39, 0.29) is 24.6 Å². The van der Waals surface area contributed by atoms with Crippen LogP contribution in [0.4, 0.5) is 5.69 Å². The highest BCUT2D eigenvalue weighted by molar-refractivity contribution is 6.16. The number of pyridine rings is 1. The molecule has 0 aliphatic carbocycles. The molecule has 0 saturated heterocycles. The number of aliphatic hydroxyl groups excluding tert-OH is 1. The van der Waals surface area contributed by atoms with Gasteiger partial charge in [-0.15, -0.1) is 0 Å². The van der Waals surface area contributed by atoms with Crippen molar-refractivity contribution in [2.24, 2.45) is 9.98 Å². The number of aliphatic imine (C=N–C) groups is 1. The van der Waals surface area contributed by atoms with Gasteiger partial charge in [0, 0.05) is 57.4 Å². The minimum Gasteiger partial charge on any atom is -0.494 e. The third kappa shape index (κ3) is 2.47. The number of aromatic amines is 1. The third-order valence-corrected chi connectivity index (χ3v) is 5.90. The van der Waals surface area contributed by atoms with Crippen LogP contribution in [0.25, 0.3) is 32.4 Å². The first-order valence-corrected chi connectivity index (χ1v) is 10.1. The summed E-state index contributed by atoms with van der Waals surface area (Å²) in [6, 6.07) is 15.3. The van der Waals surface area contributed by atoms with Crippen LogP contribution in [0, 0.1) is 0 Å². The van der Waals surface area contributed by atoms with E-state index < -0.39 is 0 Å². The van der Waals surface area contributed by atoms with E-state index in [0.29, 0.717) is 39.5 Å². The standard InChI is InChI=1S/C24H18N4O3/c29-10-4-9-28-23(30)15-7-3-6-14-20(15)16(24(28)31)11-19-21(14)27-22(26-19)17-12-25-18-8-2-1-5-13(17)18/h1-3,5-8,11-12,25,29,31H,4,9-10H2. The van der Waals surface area contributed by atoms with E-state index in [4.69, 9.17) is 9.98 Å². The van der Waals surface area contributed by atoms with Gasteiger partial charge in [-0.2, -0.15) is 0 Å². The number of aromatic hydroxyl groups is 1. The quantitative estimate of drug-likeness (QED) is 0.424. The molecule has 152 valence electrons. The fraction of sp³-hybridized carbons (Fsp3) is 0.125. The molecule has 31 heavy (non-hydrogen) atoms. The van der Waals surface area contributed by atoms with Gasteiger partial charge in [-0.05, 0) is 24.6 Å². The summed E-state index contributed by atoms with van der Waals surface area (Å²) in [5.74, 6) is 0.485. The van der Waals surface area contributed by atoms with Gasteiger partial charge in [0.1, 0.15) is 0 Å². The zero-order valence-corrected chi connectivity index (χ0v) is 16.5. The Morgan fingerprint density at radius 3 is 2.65 bits per heavy atom. The topological polar surface area (TPSA) is 103 Å². The molecule has 0 atom stereocenters. The molecule has 6 rings (SSSR count). The summed E-state index contributed by atoms with van der Waals surface area (Å²) in [5, 5.41) is 24.4. The fourth-order valence-electron chi connectivity index (χ4n) is 4.46. The summed E-state index contributed by atoms with van der Waals surface area (Å²) in [4.78, 5) is 25.8. The number of amidine groups is 1. The average Bonchev–Trinajstić information content (AvgIpc) is 3.41. The van der Waals surface area contributed by atoms with Gasteiger partial charge in [0.15, 0.2) is 5.84 Å². The predicted octanol–water partition coefficient (Wildman–Crippen LogP) is 3.15. The Morgan fingerprint density at radius 2 is 1.77 bits per heavy atom. The van der Waals surface area contributed by atoms with Gasteiger partial charge in [0.2, 0.25) is 5.88 Å². The summed E-state index contributed by atoms with van der Waals surface area (Å²) in [7, 11) is 0. The van der Waals surface area contributed by atoms with Crippen molar-refractivity contribution in [3.63, 3.8) is 0 Å². The minimum atomic E-state index is -0.278. The molecule has 0 amide bonds. The fourth-order valence-corrected chi connectivity index (χ4v) is 4.46. The van der Waals surface area contributed by atoms with E-state index >= 15 is 0 Å². The monoisotopic (exact) mass is 410 g/mol. The first kappa shape index (κ1) is 17.9. The van der Waals surface area contributed by atoms with E-state index in [1.54, 1.807) is 12.1 Å². The number of para-hydroxylation sites is 1. The van der Waals surface area contributed by atoms with E-state index in [9.17, 15) is 15.0 Å². The van der Waals surface area contributed by atoms with Gasteiger partial charge in [-0.3, -0.25) is 9.36 Å². The second kappa shape index (κ2) is 6.52. The molecule has 0 radical (unpaired) electrons. The Morgan fingerprint density at radius 1 is 0.968 bits per heavy atom. The van der Waals surface area contributed by atoms with Crippen LogP contribution in [0.5, 0.6) is 5.88 Å². The Bertz CT molecular complexity index is 1660. The zero-order valence-electron chi connectivity index (χ0n) is 16.5. The normalized spacial score (nSPS) is 13.1. The van der Waals surface area contributed by atoms with Crippen LogP contribution >= 0.6 is 0 Å². The van der Waals surface area contributed by atoms with E-state index in [0.717, 1.165) is 21.9 Å². The number of aliphatic hydroxyl groups is 1. The molecule has 5 aromatic rings. The maximum atomic E-state index is 13.0. The number of nitrogens with zero attached hydrogens (tertiary/aromatic N) is 3. The molecule has 0 unspecified atom stereocenters. The van der Waals surface area contributed by atoms with Crippen molar-refractivity contribution in [2.45, 2.75) is 13.0 Å². The first-order valence-electron chi connectivity index (χ1n) is 10.1. The number of H-pyrrole nitrogens is 1. The van der Waals surface area contributed by atoms with Crippen molar-refractivity contribution in [3.8, 4) is 5.88 Å². The lowest BCUT2D eigenvalue weighted by Crippen LogP contribution is -2.22. The number of aromatic nitrogens is 2. The van der Waals surface area contributed by atoms with E-state index in [1.807, 2.05) is 42.6 Å². The van der Waals surface area contributed by atoms with Crippen molar-refractivity contribution in [1.29, 1.82) is 0 Å². The molecule has 3 aromatic carbocycles. The number of hydrogen-bond acceptors (Lipinski definition) is 5. The van der Waals surface area contributed by atoms with Crippen LogP contribution in [0.2, 0.25) is 0 Å². The van der Waals surface area contributed by atoms with Crippen LogP contribution < -0.4 is 10.9 Å². The molecule has 2 aromatic heterocycles. The summed E-state index contributed by atoms with van der Waals surface area (Å²) >= 11 is 0. The van der Waals surface area contributed by atoms with Gasteiger partial charge in [-0.1, -0.05) is 30.3 Å². The molecule has 0 bridgehead atoms. The number of rotatable bonds is 4. The Labute approximate surface area is 175 Å². The molecular formula is C24H18N4O3. The highest BCUT2D eigenvalue weighted by Crippen LogP contribution is 2.34. The molecule has 7 heteroatoms. The number of nitrogens with one attached hydrogen (secondary N) is 1. The lowest BCUT2D eigenvalue weighted by molar-refractivity contribution is 0.275. The molecule has 3 N–H and O–H groups in total. The number of fused-ring (bicyclic) bond motifs is 3. The summed E-state index contributed by atoms with van der Waals surface area (Å²) in [6.45, 7) is 0.178. The third-order valence-electron chi connectivity index (χ3n) is 5.90. The van der Waals surface area contributed by atoms with Crippen molar-refractivity contribution < 1.29 is 10.2 Å². The van der Waals surface area contributed by atoms with Crippen molar-refractivity contribution in [1.82, 2.24) is 9.55 Å². The van der Waals surface area contributed by atoms with Crippen LogP contribution in [-0.4, -0.2) is 32.2 Å². The Kier molecular flexibility index (Phi) is 3.75. The predicted molar refractivity (Wildman–Crippen MR) is 120 cm³/mol. The molecule has 0 fully saturated rings. The first-order chi connectivity index (χ1) is 15.2. The average molecular weight is 410 g/mol. The summed E-state index contributed by atoms with van der Waals surface area (Å²) in [6.07, 6.45) is 2.28. The van der Waals surface area contributed by atoms with E-state index in [1.165, 1.54) is 4.57 Å². The Balaban J connectivity index is 1.65. The largest absolute Gasteiger partial charge is 0.494 e. The molecule has 1 aliphatic rings. The SMILES string of the molecule is O=c1c2cccc3c4c(cc(c(O)n1CCCO)c32)N=C(c1c[nH]c2ccccc12)N=4. The van der Waals surface area contributed by atoms with Crippen LogP contribution in [0.1, 0.15) is 12.0 Å². The minimum absolute atomic E-state index is 0.0601. The smallest absolute Gasteiger partial charge is 0.261 e. The van der Waals surface area contributed by atoms with Gasteiger partial charge in [-0.25, -0.2) is 9.98 Å². The van der Waals surface area contributed by atoms with Gasteiger partial charge < -0.3 is 15.2 Å². The number of benzene rings is 3. The molecule has 7 nitrogen and oxygen atoms in total. The lowest BCUT2D eigenvalue weighted by atomic mass is 10.0. The number of hydrogen-bond donors (Lipinski definition) is 3. The second-order valence-electron chi connectivity index (χ2n) is 7.67.